The van der Waals surface area contributed by atoms with E-state index in [1.807, 2.05) is 29.9 Å². The lowest BCUT2D eigenvalue weighted by molar-refractivity contribution is 0.340. The van der Waals surface area contributed by atoms with E-state index in [9.17, 15) is 0 Å². The Kier molecular flexibility index (Phi) is 4.36. The van der Waals surface area contributed by atoms with Gasteiger partial charge in [0.1, 0.15) is 0 Å². The van der Waals surface area contributed by atoms with Crippen LogP contribution in [0.5, 0.6) is 5.75 Å². The summed E-state index contributed by atoms with van der Waals surface area (Å²) in [7, 11) is 0. The average Bonchev–Trinajstić information content (AvgIpc) is 2.86. The van der Waals surface area contributed by atoms with E-state index < -0.39 is 0 Å². The van der Waals surface area contributed by atoms with Gasteiger partial charge in [-0.3, -0.25) is 0 Å². The van der Waals surface area contributed by atoms with Gasteiger partial charge >= 0.3 is 0 Å². The minimum absolute atomic E-state index is 0.659. The summed E-state index contributed by atoms with van der Waals surface area (Å²) in [6, 6.07) is 8.33. The summed E-state index contributed by atoms with van der Waals surface area (Å²) in [5.41, 5.74) is 2.30. The van der Waals surface area contributed by atoms with Gasteiger partial charge in [-0.1, -0.05) is 19.1 Å². The maximum Gasteiger partial charge on any atom is 0.157 e. The first-order valence-electron chi connectivity index (χ1n) is 6.31. The molecule has 1 heterocycles. The van der Waals surface area contributed by atoms with Gasteiger partial charge in [0.25, 0.3) is 0 Å². The summed E-state index contributed by atoms with van der Waals surface area (Å²) in [4.78, 5) is 0. The molecule has 0 aliphatic rings. The molecule has 0 spiro atoms. The molecule has 96 valence electrons. The highest BCUT2D eigenvalue weighted by atomic mass is 16.5. The SMILES string of the molecule is CCNCc1cccc(-n2cc(OCC)cn2)c1. The van der Waals surface area contributed by atoms with Crippen molar-refractivity contribution in [2.45, 2.75) is 20.4 Å². The number of ether oxygens (including phenoxy) is 1. The van der Waals surface area contributed by atoms with E-state index in [1.165, 1.54) is 5.56 Å². The Bertz CT molecular complexity index is 493. The van der Waals surface area contributed by atoms with Gasteiger partial charge in [-0.05, 0) is 31.2 Å². The number of benzene rings is 1. The number of rotatable bonds is 6. The number of hydrogen-bond donors (Lipinski definition) is 1. The van der Waals surface area contributed by atoms with Crippen molar-refractivity contribution in [1.82, 2.24) is 15.1 Å². The van der Waals surface area contributed by atoms with Crippen LogP contribution in [0.15, 0.2) is 36.7 Å². The predicted molar refractivity (Wildman–Crippen MR) is 72.1 cm³/mol. The minimum Gasteiger partial charge on any atom is -0.491 e. The molecule has 0 fully saturated rings. The lowest BCUT2D eigenvalue weighted by Gasteiger charge is -2.05. The van der Waals surface area contributed by atoms with E-state index >= 15 is 0 Å². The molecule has 0 atom stereocenters. The van der Waals surface area contributed by atoms with Crippen molar-refractivity contribution in [1.29, 1.82) is 0 Å². The van der Waals surface area contributed by atoms with Crippen LogP contribution in [0.3, 0.4) is 0 Å². The Morgan fingerprint density at radius 3 is 3.00 bits per heavy atom. The fraction of sp³-hybridized carbons (Fsp3) is 0.357. The van der Waals surface area contributed by atoms with Crippen molar-refractivity contribution in [3.05, 3.63) is 42.2 Å². The quantitative estimate of drug-likeness (QED) is 0.849. The summed E-state index contributed by atoms with van der Waals surface area (Å²) >= 11 is 0. The Hall–Kier alpha value is -1.81. The lowest BCUT2D eigenvalue weighted by Crippen LogP contribution is -2.11. The first-order chi connectivity index (χ1) is 8.83. The molecule has 4 nitrogen and oxygen atoms in total. The topological polar surface area (TPSA) is 39.1 Å². The molecule has 0 amide bonds. The summed E-state index contributed by atoms with van der Waals surface area (Å²) in [5.74, 6) is 0.801. The molecular weight excluding hydrogens is 226 g/mol. The first-order valence-corrected chi connectivity index (χ1v) is 6.31. The number of hydrogen-bond acceptors (Lipinski definition) is 3. The van der Waals surface area contributed by atoms with E-state index in [4.69, 9.17) is 4.74 Å². The third-order valence-electron chi connectivity index (χ3n) is 2.62. The number of nitrogens with one attached hydrogen (secondary N) is 1. The molecule has 1 aromatic heterocycles. The molecule has 18 heavy (non-hydrogen) atoms. The molecular formula is C14H19N3O. The normalized spacial score (nSPS) is 10.6. The zero-order valence-corrected chi connectivity index (χ0v) is 10.9. The molecule has 1 aromatic carbocycles. The van der Waals surface area contributed by atoms with Crippen LogP contribution in [0, 0.1) is 0 Å². The van der Waals surface area contributed by atoms with Gasteiger partial charge in [-0.15, -0.1) is 0 Å². The summed E-state index contributed by atoms with van der Waals surface area (Å²) in [6.07, 6.45) is 3.64. The molecule has 0 saturated heterocycles. The monoisotopic (exact) mass is 245 g/mol. The van der Waals surface area contributed by atoms with E-state index in [0.29, 0.717) is 6.61 Å². The zero-order valence-electron chi connectivity index (χ0n) is 10.9. The van der Waals surface area contributed by atoms with Crippen molar-refractivity contribution >= 4 is 0 Å². The standard InChI is InChI=1S/C14H19N3O/c1-3-15-9-12-6-5-7-13(8-12)17-11-14(10-16-17)18-4-2/h5-8,10-11,15H,3-4,9H2,1-2H3. The molecule has 0 bridgehead atoms. The third kappa shape index (κ3) is 3.11. The Balaban J connectivity index is 2.15. The van der Waals surface area contributed by atoms with Gasteiger partial charge < -0.3 is 10.1 Å². The lowest BCUT2D eigenvalue weighted by atomic mass is 10.2. The van der Waals surface area contributed by atoms with Crippen molar-refractivity contribution in [3.63, 3.8) is 0 Å². The van der Waals surface area contributed by atoms with Crippen LogP contribution in [-0.2, 0) is 6.54 Å². The maximum absolute atomic E-state index is 5.41. The smallest absolute Gasteiger partial charge is 0.157 e. The van der Waals surface area contributed by atoms with Crippen LogP contribution < -0.4 is 10.1 Å². The van der Waals surface area contributed by atoms with Crippen LogP contribution >= 0.6 is 0 Å². The highest BCUT2D eigenvalue weighted by Gasteiger charge is 2.02. The van der Waals surface area contributed by atoms with E-state index in [2.05, 4.69) is 29.5 Å². The summed E-state index contributed by atoms with van der Waals surface area (Å²) < 4.78 is 7.24. The number of nitrogens with zero attached hydrogens (tertiary/aromatic N) is 2. The van der Waals surface area contributed by atoms with Gasteiger partial charge in [-0.25, -0.2) is 4.68 Å². The van der Waals surface area contributed by atoms with Gasteiger partial charge in [0.05, 0.1) is 24.7 Å². The molecule has 0 aliphatic heterocycles. The second kappa shape index (κ2) is 6.21. The molecule has 0 saturated carbocycles. The minimum atomic E-state index is 0.659. The number of aromatic nitrogens is 2. The van der Waals surface area contributed by atoms with E-state index in [0.717, 1.165) is 24.5 Å². The molecule has 0 unspecified atom stereocenters. The fourth-order valence-corrected chi connectivity index (χ4v) is 1.77. The molecule has 2 aromatic rings. The third-order valence-corrected chi connectivity index (χ3v) is 2.62. The summed E-state index contributed by atoms with van der Waals surface area (Å²) in [5, 5.41) is 7.61. The van der Waals surface area contributed by atoms with Crippen molar-refractivity contribution in [2.75, 3.05) is 13.2 Å². The predicted octanol–water partition coefficient (Wildman–Crippen LogP) is 2.38. The zero-order chi connectivity index (χ0) is 12.8. The average molecular weight is 245 g/mol. The van der Waals surface area contributed by atoms with Crippen LogP contribution in [0.25, 0.3) is 5.69 Å². The van der Waals surface area contributed by atoms with Crippen molar-refractivity contribution in [2.24, 2.45) is 0 Å². The second-order valence-electron chi connectivity index (χ2n) is 4.00. The van der Waals surface area contributed by atoms with E-state index in [-0.39, 0.29) is 0 Å². The van der Waals surface area contributed by atoms with E-state index in [1.54, 1.807) is 6.20 Å². The Morgan fingerprint density at radius 1 is 1.33 bits per heavy atom. The largest absolute Gasteiger partial charge is 0.491 e. The molecule has 0 radical (unpaired) electrons. The highest BCUT2D eigenvalue weighted by Crippen LogP contribution is 2.14. The van der Waals surface area contributed by atoms with Gasteiger partial charge in [-0.2, -0.15) is 5.10 Å². The fourth-order valence-electron chi connectivity index (χ4n) is 1.77. The van der Waals surface area contributed by atoms with Crippen molar-refractivity contribution in [3.8, 4) is 11.4 Å². The Labute approximate surface area is 108 Å². The second-order valence-corrected chi connectivity index (χ2v) is 4.00. The summed E-state index contributed by atoms with van der Waals surface area (Å²) in [6.45, 7) is 6.58. The van der Waals surface area contributed by atoms with Crippen LogP contribution in [0.2, 0.25) is 0 Å². The molecule has 4 heteroatoms. The molecule has 0 aliphatic carbocycles. The van der Waals surface area contributed by atoms with Crippen LogP contribution in [0.1, 0.15) is 19.4 Å². The van der Waals surface area contributed by atoms with Gasteiger partial charge in [0.2, 0.25) is 0 Å². The van der Waals surface area contributed by atoms with Gasteiger partial charge in [0, 0.05) is 6.54 Å². The first kappa shape index (κ1) is 12.6. The maximum atomic E-state index is 5.41. The van der Waals surface area contributed by atoms with Crippen LogP contribution in [0.4, 0.5) is 0 Å². The van der Waals surface area contributed by atoms with Crippen molar-refractivity contribution < 1.29 is 4.74 Å². The highest BCUT2D eigenvalue weighted by molar-refractivity contribution is 5.36. The van der Waals surface area contributed by atoms with Crippen LogP contribution in [-0.4, -0.2) is 22.9 Å². The Morgan fingerprint density at radius 2 is 2.22 bits per heavy atom. The molecule has 2 rings (SSSR count). The molecule has 1 N–H and O–H groups in total. The van der Waals surface area contributed by atoms with Gasteiger partial charge in [0.15, 0.2) is 5.75 Å².